The van der Waals surface area contributed by atoms with Crippen LogP contribution in [-0.4, -0.2) is 41.1 Å². The molecule has 2 N–H and O–H groups in total. The summed E-state index contributed by atoms with van der Waals surface area (Å²) in [4.78, 5) is 28.4. The number of nitrogens with zero attached hydrogens (tertiary/aromatic N) is 2. The van der Waals surface area contributed by atoms with Crippen molar-refractivity contribution in [2.75, 3.05) is 18.0 Å². The van der Waals surface area contributed by atoms with Crippen molar-refractivity contribution in [3.63, 3.8) is 0 Å². The van der Waals surface area contributed by atoms with E-state index in [-0.39, 0.29) is 22.4 Å². The molecule has 2 rings (SSSR count). The standard InChI is InChI=1S/C11H12ClN3O3/c1-6-10(16)13-4-5-15(6)9-7(11(17)18)2-3-8(12)14-9/h2-3,6H,4-5H2,1H3,(H,13,16)(H,17,18). The van der Waals surface area contributed by atoms with Gasteiger partial charge in [0.1, 0.15) is 22.6 Å². The predicted molar refractivity (Wildman–Crippen MR) is 66.0 cm³/mol. The lowest BCUT2D eigenvalue weighted by molar-refractivity contribution is -0.122. The van der Waals surface area contributed by atoms with Crippen LogP contribution in [0.1, 0.15) is 17.3 Å². The number of rotatable bonds is 2. The molecular weight excluding hydrogens is 258 g/mol. The number of carbonyl (C=O) groups is 2. The quantitative estimate of drug-likeness (QED) is 0.775. The zero-order valence-electron chi connectivity index (χ0n) is 9.68. The topological polar surface area (TPSA) is 82.5 Å². The van der Waals surface area contributed by atoms with E-state index in [0.717, 1.165) is 0 Å². The van der Waals surface area contributed by atoms with Crippen LogP contribution in [0.4, 0.5) is 5.82 Å². The molecule has 1 aromatic heterocycles. The van der Waals surface area contributed by atoms with E-state index < -0.39 is 12.0 Å². The Labute approximate surface area is 109 Å². The highest BCUT2D eigenvalue weighted by molar-refractivity contribution is 6.29. The monoisotopic (exact) mass is 269 g/mol. The summed E-state index contributed by atoms with van der Waals surface area (Å²) in [6.07, 6.45) is 0. The molecule has 0 aliphatic carbocycles. The molecule has 6 nitrogen and oxygen atoms in total. The van der Waals surface area contributed by atoms with Gasteiger partial charge < -0.3 is 15.3 Å². The molecule has 1 saturated heterocycles. The molecule has 0 spiro atoms. The van der Waals surface area contributed by atoms with Crippen molar-refractivity contribution in [1.82, 2.24) is 10.3 Å². The Bertz CT molecular complexity index is 506. The van der Waals surface area contributed by atoms with Crippen molar-refractivity contribution >= 4 is 29.3 Å². The normalized spacial score (nSPS) is 19.6. The average Bonchev–Trinajstić information content (AvgIpc) is 2.32. The van der Waals surface area contributed by atoms with Crippen LogP contribution in [0.2, 0.25) is 5.15 Å². The number of aromatic carboxylic acids is 1. The van der Waals surface area contributed by atoms with Gasteiger partial charge in [-0.25, -0.2) is 9.78 Å². The van der Waals surface area contributed by atoms with E-state index in [1.807, 2.05) is 0 Å². The van der Waals surface area contributed by atoms with Crippen LogP contribution in [0.3, 0.4) is 0 Å². The van der Waals surface area contributed by atoms with E-state index >= 15 is 0 Å². The Morgan fingerprint density at radius 3 is 3.00 bits per heavy atom. The van der Waals surface area contributed by atoms with Gasteiger partial charge in [0, 0.05) is 13.1 Å². The first-order valence-corrected chi connectivity index (χ1v) is 5.82. The number of anilines is 1. The maximum atomic E-state index is 11.6. The summed E-state index contributed by atoms with van der Waals surface area (Å²) in [6, 6.07) is 2.35. The molecular formula is C11H12ClN3O3. The molecule has 7 heteroatoms. The van der Waals surface area contributed by atoms with E-state index in [0.29, 0.717) is 13.1 Å². The molecule has 0 aromatic carbocycles. The summed E-state index contributed by atoms with van der Waals surface area (Å²) in [5.41, 5.74) is 0.0425. The Balaban J connectivity index is 2.45. The molecule has 1 atom stereocenters. The van der Waals surface area contributed by atoms with E-state index in [9.17, 15) is 9.59 Å². The van der Waals surface area contributed by atoms with Gasteiger partial charge in [-0.2, -0.15) is 0 Å². The fourth-order valence-electron chi connectivity index (χ4n) is 1.88. The number of carboxylic acid groups (broad SMARTS) is 1. The zero-order valence-corrected chi connectivity index (χ0v) is 10.4. The number of amides is 1. The largest absolute Gasteiger partial charge is 0.478 e. The SMILES string of the molecule is CC1C(=O)NCCN1c1nc(Cl)ccc1C(=O)O. The molecule has 0 radical (unpaired) electrons. The Kier molecular flexibility index (Phi) is 3.38. The third-order valence-electron chi connectivity index (χ3n) is 2.84. The lowest BCUT2D eigenvalue weighted by Crippen LogP contribution is -2.54. The minimum Gasteiger partial charge on any atom is -0.478 e. The van der Waals surface area contributed by atoms with E-state index in [1.54, 1.807) is 11.8 Å². The third-order valence-corrected chi connectivity index (χ3v) is 3.05. The van der Waals surface area contributed by atoms with E-state index in [4.69, 9.17) is 16.7 Å². The van der Waals surface area contributed by atoms with Crippen molar-refractivity contribution < 1.29 is 14.7 Å². The molecule has 2 heterocycles. The van der Waals surface area contributed by atoms with Gasteiger partial charge in [0.15, 0.2) is 0 Å². The smallest absolute Gasteiger partial charge is 0.339 e. The highest BCUT2D eigenvalue weighted by Crippen LogP contribution is 2.23. The molecule has 1 unspecified atom stereocenters. The van der Waals surface area contributed by atoms with Gasteiger partial charge in [0.2, 0.25) is 5.91 Å². The van der Waals surface area contributed by atoms with Crippen molar-refractivity contribution in [2.24, 2.45) is 0 Å². The molecule has 0 saturated carbocycles. The number of pyridine rings is 1. The predicted octanol–water partition coefficient (Wildman–Crippen LogP) is 0.758. The molecule has 0 bridgehead atoms. The lowest BCUT2D eigenvalue weighted by atomic mass is 10.1. The summed E-state index contributed by atoms with van der Waals surface area (Å²) >= 11 is 5.79. The average molecular weight is 270 g/mol. The summed E-state index contributed by atoms with van der Waals surface area (Å²) in [7, 11) is 0. The fourth-order valence-corrected chi connectivity index (χ4v) is 2.03. The van der Waals surface area contributed by atoms with Crippen LogP contribution >= 0.6 is 11.6 Å². The van der Waals surface area contributed by atoms with Gasteiger partial charge in [-0.1, -0.05) is 11.6 Å². The van der Waals surface area contributed by atoms with Crippen LogP contribution < -0.4 is 10.2 Å². The Morgan fingerprint density at radius 2 is 2.33 bits per heavy atom. The van der Waals surface area contributed by atoms with Gasteiger partial charge in [0.05, 0.1) is 0 Å². The van der Waals surface area contributed by atoms with Gasteiger partial charge in [0.25, 0.3) is 0 Å². The highest BCUT2D eigenvalue weighted by atomic mass is 35.5. The third kappa shape index (κ3) is 2.24. The number of aromatic nitrogens is 1. The molecule has 1 aliphatic rings. The molecule has 96 valence electrons. The second-order valence-electron chi connectivity index (χ2n) is 3.97. The second kappa shape index (κ2) is 4.81. The Morgan fingerprint density at radius 1 is 1.61 bits per heavy atom. The number of nitrogens with one attached hydrogen (secondary N) is 1. The molecule has 1 aromatic rings. The van der Waals surface area contributed by atoms with E-state index in [1.165, 1.54) is 12.1 Å². The van der Waals surface area contributed by atoms with Crippen molar-refractivity contribution in [3.8, 4) is 0 Å². The molecule has 1 aliphatic heterocycles. The number of carbonyl (C=O) groups excluding carboxylic acids is 1. The lowest BCUT2D eigenvalue weighted by Gasteiger charge is -2.34. The molecule has 1 amide bonds. The summed E-state index contributed by atoms with van der Waals surface area (Å²) in [5.74, 6) is -1.01. The number of piperazine rings is 1. The van der Waals surface area contributed by atoms with Crippen LogP contribution in [0.15, 0.2) is 12.1 Å². The van der Waals surface area contributed by atoms with Crippen molar-refractivity contribution in [3.05, 3.63) is 22.8 Å². The first kappa shape index (κ1) is 12.6. The maximum Gasteiger partial charge on any atom is 0.339 e. The number of carboxylic acids is 1. The van der Waals surface area contributed by atoms with Gasteiger partial charge >= 0.3 is 5.97 Å². The minimum absolute atomic E-state index is 0.0425. The number of hydrogen-bond donors (Lipinski definition) is 2. The first-order chi connectivity index (χ1) is 8.50. The van der Waals surface area contributed by atoms with Gasteiger partial charge in [-0.05, 0) is 19.1 Å². The van der Waals surface area contributed by atoms with Gasteiger partial charge in [-0.3, -0.25) is 4.79 Å². The van der Waals surface area contributed by atoms with Crippen LogP contribution in [-0.2, 0) is 4.79 Å². The van der Waals surface area contributed by atoms with Crippen LogP contribution in [0, 0.1) is 0 Å². The van der Waals surface area contributed by atoms with E-state index in [2.05, 4.69) is 10.3 Å². The fraction of sp³-hybridized carbons (Fsp3) is 0.364. The minimum atomic E-state index is -1.09. The summed E-state index contributed by atoms with van der Waals surface area (Å²) < 4.78 is 0. The zero-order chi connectivity index (χ0) is 13.3. The summed E-state index contributed by atoms with van der Waals surface area (Å²) in [6.45, 7) is 2.65. The number of halogens is 1. The Hall–Kier alpha value is -1.82. The first-order valence-electron chi connectivity index (χ1n) is 5.45. The van der Waals surface area contributed by atoms with Gasteiger partial charge in [-0.15, -0.1) is 0 Å². The molecule has 1 fully saturated rings. The molecule has 18 heavy (non-hydrogen) atoms. The maximum absolute atomic E-state index is 11.6. The summed E-state index contributed by atoms with van der Waals surface area (Å²) in [5, 5.41) is 12.0. The highest BCUT2D eigenvalue weighted by Gasteiger charge is 2.29. The van der Waals surface area contributed by atoms with Crippen LogP contribution in [0.25, 0.3) is 0 Å². The van der Waals surface area contributed by atoms with Crippen LogP contribution in [0.5, 0.6) is 0 Å². The van der Waals surface area contributed by atoms with Crippen molar-refractivity contribution in [2.45, 2.75) is 13.0 Å². The van der Waals surface area contributed by atoms with Crippen molar-refractivity contribution in [1.29, 1.82) is 0 Å². The number of hydrogen-bond acceptors (Lipinski definition) is 4. The second-order valence-corrected chi connectivity index (χ2v) is 4.36.